The molecule has 0 saturated carbocycles. The Bertz CT molecular complexity index is 764. The fourth-order valence-corrected chi connectivity index (χ4v) is 3.71. The van der Waals surface area contributed by atoms with Crippen LogP contribution >= 0.6 is 11.8 Å². The third kappa shape index (κ3) is 4.27. The van der Waals surface area contributed by atoms with Crippen LogP contribution in [0.15, 0.2) is 34.2 Å². The number of benzene rings is 1. The lowest BCUT2D eigenvalue weighted by Gasteiger charge is -2.15. The number of rotatable bonds is 5. The molecule has 2 heterocycles. The lowest BCUT2D eigenvalue weighted by Crippen LogP contribution is -2.25. The molecule has 136 valence electrons. The van der Waals surface area contributed by atoms with Crippen molar-refractivity contribution in [2.75, 3.05) is 6.61 Å². The SMILES string of the molecule is CC(Sc1n[nH]c(=O)n1CC1CCCO1)c1ccc(C(F)(F)F)cc1. The molecule has 2 aromatic rings. The van der Waals surface area contributed by atoms with Crippen molar-refractivity contribution in [1.82, 2.24) is 14.8 Å². The van der Waals surface area contributed by atoms with E-state index < -0.39 is 11.7 Å². The van der Waals surface area contributed by atoms with Crippen LogP contribution in [-0.4, -0.2) is 27.5 Å². The Kier molecular flexibility index (Phi) is 5.24. The van der Waals surface area contributed by atoms with Gasteiger partial charge in [0.05, 0.1) is 18.2 Å². The van der Waals surface area contributed by atoms with Gasteiger partial charge in [0, 0.05) is 11.9 Å². The van der Waals surface area contributed by atoms with Crippen molar-refractivity contribution in [2.45, 2.75) is 49.0 Å². The third-order valence-electron chi connectivity index (χ3n) is 4.12. The van der Waals surface area contributed by atoms with Crippen molar-refractivity contribution >= 4 is 11.8 Å². The first-order valence-corrected chi connectivity index (χ1v) is 8.83. The Labute approximate surface area is 146 Å². The summed E-state index contributed by atoms with van der Waals surface area (Å²) >= 11 is 1.32. The molecule has 9 heteroatoms. The van der Waals surface area contributed by atoms with Crippen LogP contribution in [0.5, 0.6) is 0 Å². The van der Waals surface area contributed by atoms with Crippen LogP contribution < -0.4 is 5.69 Å². The first-order valence-electron chi connectivity index (χ1n) is 7.95. The molecule has 2 atom stereocenters. The molecular weight excluding hydrogens is 355 g/mol. The van der Waals surface area contributed by atoms with Crippen LogP contribution in [0.3, 0.4) is 0 Å². The summed E-state index contributed by atoms with van der Waals surface area (Å²) in [4.78, 5) is 12.0. The summed E-state index contributed by atoms with van der Waals surface area (Å²) < 4.78 is 45.0. The normalized spacial score (nSPS) is 19.3. The molecule has 0 radical (unpaired) electrons. The Morgan fingerprint density at radius 1 is 1.40 bits per heavy atom. The molecule has 1 saturated heterocycles. The third-order valence-corrected chi connectivity index (χ3v) is 5.27. The monoisotopic (exact) mass is 373 g/mol. The molecule has 1 aromatic carbocycles. The number of halogens is 3. The molecule has 0 aliphatic carbocycles. The minimum Gasteiger partial charge on any atom is -0.376 e. The summed E-state index contributed by atoms with van der Waals surface area (Å²) in [5.41, 5.74) is -0.252. The summed E-state index contributed by atoms with van der Waals surface area (Å²) in [7, 11) is 0. The van der Waals surface area contributed by atoms with Gasteiger partial charge in [-0.15, -0.1) is 5.10 Å². The van der Waals surface area contributed by atoms with E-state index in [1.165, 1.54) is 28.5 Å². The standard InChI is InChI=1S/C16H18F3N3O2S/c1-10(11-4-6-12(7-5-11)16(17,18)19)25-15-21-20-14(23)22(15)9-13-3-2-8-24-13/h4-7,10,13H,2-3,8-9H2,1H3,(H,20,23). The molecule has 0 bridgehead atoms. The van der Waals surface area contributed by atoms with Gasteiger partial charge in [-0.2, -0.15) is 13.2 Å². The largest absolute Gasteiger partial charge is 0.416 e. The summed E-state index contributed by atoms with van der Waals surface area (Å²) in [6.45, 7) is 2.99. The molecule has 2 unspecified atom stereocenters. The van der Waals surface area contributed by atoms with Crippen LogP contribution in [0.2, 0.25) is 0 Å². The summed E-state index contributed by atoms with van der Waals surface area (Å²) in [6.07, 6.45) is -2.48. The number of thioether (sulfide) groups is 1. The number of ether oxygens (including phenoxy) is 1. The van der Waals surface area contributed by atoms with Gasteiger partial charge in [0.25, 0.3) is 0 Å². The second-order valence-electron chi connectivity index (χ2n) is 5.94. The highest BCUT2D eigenvalue weighted by Gasteiger charge is 2.30. The van der Waals surface area contributed by atoms with Gasteiger partial charge in [-0.3, -0.25) is 4.57 Å². The van der Waals surface area contributed by atoms with Crippen LogP contribution in [0.25, 0.3) is 0 Å². The zero-order chi connectivity index (χ0) is 18.0. The molecule has 3 rings (SSSR count). The topological polar surface area (TPSA) is 59.9 Å². The summed E-state index contributed by atoms with van der Waals surface area (Å²) in [6, 6.07) is 5.04. The number of aromatic amines is 1. The maximum absolute atomic E-state index is 12.6. The predicted octanol–water partition coefficient (Wildman–Crippen LogP) is 3.62. The number of aromatic nitrogens is 3. The number of alkyl halides is 3. The molecule has 1 aliphatic rings. The van der Waals surface area contributed by atoms with E-state index in [4.69, 9.17) is 4.74 Å². The van der Waals surface area contributed by atoms with E-state index in [1.54, 1.807) is 0 Å². The Balaban J connectivity index is 1.72. The quantitative estimate of drug-likeness (QED) is 0.814. The lowest BCUT2D eigenvalue weighted by molar-refractivity contribution is -0.137. The molecule has 0 spiro atoms. The Morgan fingerprint density at radius 2 is 2.12 bits per heavy atom. The van der Waals surface area contributed by atoms with Crippen molar-refractivity contribution in [2.24, 2.45) is 0 Å². The van der Waals surface area contributed by atoms with E-state index in [0.29, 0.717) is 18.3 Å². The maximum Gasteiger partial charge on any atom is 0.416 e. The van der Waals surface area contributed by atoms with Gasteiger partial charge in [-0.25, -0.2) is 9.89 Å². The van der Waals surface area contributed by atoms with E-state index in [0.717, 1.165) is 30.5 Å². The van der Waals surface area contributed by atoms with E-state index in [9.17, 15) is 18.0 Å². The number of hydrogen-bond acceptors (Lipinski definition) is 4. The van der Waals surface area contributed by atoms with Gasteiger partial charge < -0.3 is 4.74 Å². The Morgan fingerprint density at radius 3 is 2.72 bits per heavy atom. The van der Waals surface area contributed by atoms with Crippen molar-refractivity contribution in [3.8, 4) is 0 Å². The van der Waals surface area contributed by atoms with Crippen LogP contribution in [0.1, 0.15) is 36.1 Å². The molecular formula is C16H18F3N3O2S. The van der Waals surface area contributed by atoms with Gasteiger partial charge >= 0.3 is 11.9 Å². The average Bonchev–Trinajstić information content (AvgIpc) is 3.19. The molecule has 1 N–H and O–H groups in total. The van der Waals surface area contributed by atoms with Crippen molar-refractivity contribution in [1.29, 1.82) is 0 Å². The summed E-state index contributed by atoms with van der Waals surface area (Å²) in [5.74, 6) is 0. The number of hydrogen-bond donors (Lipinski definition) is 1. The molecule has 1 aliphatic heterocycles. The van der Waals surface area contributed by atoms with Crippen molar-refractivity contribution in [3.05, 3.63) is 45.9 Å². The van der Waals surface area contributed by atoms with Gasteiger partial charge in [0.1, 0.15) is 0 Å². The first-order chi connectivity index (χ1) is 11.8. The predicted molar refractivity (Wildman–Crippen MR) is 87.5 cm³/mol. The van der Waals surface area contributed by atoms with Crippen molar-refractivity contribution < 1.29 is 17.9 Å². The molecule has 1 fully saturated rings. The highest BCUT2D eigenvalue weighted by molar-refractivity contribution is 7.99. The van der Waals surface area contributed by atoms with Crippen LogP contribution in [0.4, 0.5) is 13.2 Å². The highest BCUT2D eigenvalue weighted by atomic mass is 32.2. The number of H-pyrrole nitrogens is 1. The number of nitrogens with zero attached hydrogens (tertiary/aromatic N) is 2. The minimum absolute atomic E-state index is 0.00368. The van der Waals surface area contributed by atoms with Gasteiger partial charge in [0.2, 0.25) is 0 Å². The fourth-order valence-electron chi connectivity index (χ4n) is 2.72. The molecule has 5 nitrogen and oxygen atoms in total. The van der Waals surface area contributed by atoms with Gasteiger partial charge in [-0.1, -0.05) is 23.9 Å². The summed E-state index contributed by atoms with van der Waals surface area (Å²) in [5, 5.41) is 6.82. The molecule has 1 aromatic heterocycles. The molecule has 25 heavy (non-hydrogen) atoms. The zero-order valence-electron chi connectivity index (χ0n) is 13.5. The van der Waals surface area contributed by atoms with Gasteiger partial charge in [-0.05, 0) is 37.5 Å². The maximum atomic E-state index is 12.6. The number of nitrogens with one attached hydrogen (secondary N) is 1. The van der Waals surface area contributed by atoms with Crippen LogP contribution in [0, 0.1) is 0 Å². The van der Waals surface area contributed by atoms with E-state index in [-0.39, 0.29) is 17.0 Å². The molecule has 0 amide bonds. The lowest BCUT2D eigenvalue weighted by atomic mass is 10.1. The fraction of sp³-hybridized carbons (Fsp3) is 0.500. The highest BCUT2D eigenvalue weighted by Crippen LogP contribution is 2.35. The first kappa shape index (κ1) is 18.1. The smallest absolute Gasteiger partial charge is 0.376 e. The Hall–Kier alpha value is -1.74. The van der Waals surface area contributed by atoms with E-state index in [1.807, 2.05) is 6.92 Å². The van der Waals surface area contributed by atoms with Crippen LogP contribution in [-0.2, 0) is 17.5 Å². The van der Waals surface area contributed by atoms with E-state index >= 15 is 0 Å². The van der Waals surface area contributed by atoms with Gasteiger partial charge in [0.15, 0.2) is 5.16 Å². The van der Waals surface area contributed by atoms with Crippen molar-refractivity contribution in [3.63, 3.8) is 0 Å². The zero-order valence-corrected chi connectivity index (χ0v) is 14.4. The van der Waals surface area contributed by atoms with E-state index in [2.05, 4.69) is 10.2 Å². The second-order valence-corrected chi connectivity index (χ2v) is 7.24. The minimum atomic E-state index is -4.35. The second kappa shape index (κ2) is 7.25. The average molecular weight is 373 g/mol.